The largest absolute Gasteiger partial charge is 0.453 e. The number of likely N-dealkylation sites (tertiary alicyclic amines) is 1. The Balaban J connectivity index is 1.60. The highest BCUT2D eigenvalue weighted by molar-refractivity contribution is 7.88. The van der Waals surface area contributed by atoms with Gasteiger partial charge in [0.05, 0.1) is 32.1 Å². The van der Waals surface area contributed by atoms with Gasteiger partial charge in [-0.2, -0.15) is 0 Å². The van der Waals surface area contributed by atoms with Crippen LogP contribution in [0.25, 0.3) is 0 Å². The van der Waals surface area contributed by atoms with Crippen LogP contribution in [0.4, 0.5) is 4.79 Å². The second kappa shape index (κ2) is 10.3. The van der Waals surface area contributed by atoms with E-state index in [1.54, 1.807) is 4.90 Å². The van der Waals surface area contributed by atoms with Crippen LogP contribution in [0.15, 0.2) is 24.3 Å². The van der Waals surface area contributed by atoms with E-state index in [4.69, 9.17) is 21.1 Å². The maximum absolute atomic E-state index is 12.2. The Hall–Kier alpha value is -1.35. The van der Waals surface area contributed by atoms with Gasteiger partial charge < -0.3 is 14.4 Å². The SMILES string of the molecule is COC(=O)N1CCC[C@H](NS(C)(=O)=O)[C@@H]1COC1CCC(c2ccccc2Cl)CC1. The predicted octanol–water partition coefficient (Wildman–Crippen LogP) is 3.53. The van der Waals surface area contributed by atoms with Crippen molar-refractivity contribution in [2.24, 2.45) is 0 Å². The minimum absolute atomic E-state index is 0.0871. The van der Waals surface area contributed by atoms with Gasteiger partial charge in [0.2, 0.25) is 10.0 Å². The summed E-state index contributed by atoms with van der Waals surface area (Å²) in [5, 5.41) is 0.812. The topological polar surface area (TPSA) is 84.9 Å². The summed E-state index contributed by atoms with van der Waals surface area (Å²) in [6.07, 6.45) is 5.94. The zero-order valence-corrected chi connectivity index (χ0v) is 19.1. The highest BCUT2D eigenvalue weighted by Crippen LogP contribution is 2.37. The normalized spacial score (nSPS) is 27.6. The number of nitrogens with one attached hydrogen (secondary N) is 1. The second-order valence-corrected chi connectivity index (χ2v) is 10.4. The van der Waals surface area contributed by atoms with Gasteiger partial charge >= 0.3 is 6.09 Å². The lowest BCUT2D eigenvalue weighted by Gasteiger charge is -2.41. The summed E-state index contributed by atoms with van der Waals surface area (Å²) in [6.45, 7) is 0.811. The molecular weight excluding hydrogens is 428 g/mol. The number of benzene rings is 1. The van der Waals surface area contributed by atoms with Crippen molar-refractivity contribution in [3.8, 4) is 0 Å². The number of rotatable bonds is 6. The maximum atomic E-state index is 12.2. The summed E-state index contributed by atoms with van der Waals surface area (Å²) in [7, 11) is -2.06. The van der Waals surface area contributed by atoms with E-state index in [2.05, 4.69) is 10.8 Å². The maximum Gasteiger partial charge on any atom is 0.409 e. The molecule has 1 heterocycles. The Morgan fingerprint density at radius 1 is 1.20 bits per heavy atom. The molecule has 30 heavy (non-hydrogen) atoms. The average Bonchev–Trinajstić information content (AvgIpc) is 2.72. The van der Waals surface area contributed by atoms with Gasteiger partial charge in [0, 0.05) is 17.6 Å². The Labute approximate surface area is 184 Å². The van der Waals surface area contributed by atoms with Crippen LogP contribution in [0.2, 0.25) is 5.02 Å². The number of halogens is 1. The van der Waals surface area contributed by atoms with Gasteiger partial charge in [-0.1, -0.05) is 29.8 Å². The number of hydrogen-bond acceptors (Lipinski definition) is 5. The lowest BCUT2D eigenvalue weighted by atomic mass is 9.82. The molecule has 0 bridgehead atoms. The summed E-state index contributed by atoms with van der Waals surface area (Å²) < 4.78 is 37.4. The lowest BCUT2D eigenvalue weighted by Crippen LogP contribution is -2.59. The molecule has 2 atom stereocenters. The van der Waals surface area contributed by atoms with Gasteiger partial charge in [-0.3, -0.25) is 0 Å². The fourth-order valence-electron chi connectivity index (χ4n) is 4.60. The molecular formula is C21H31ClN2O5S. The lowest BCUT2D eigenvalue weighted by molar-refractivity contribution is -0.0245. The van der Waals surface area contributed by atoms with Crippen molar-refractivity contribution in [3.05, 3.63) is 34.9 Å². The quantitative estimate of drug-likeness (QED) is 0.704. The smallest absolute Gasteiger partial charge is 0.409 e. The van der Waals surface area contributed by atoms with Crippen molar-refractivity contribution < 1.29 is 22.7 Å². The summed E-state index contributed by atoms with van der Waals surface area (Å²) >= 11 is 6.35. The monoisotopic (exact) mass is 458 g/mol. The Bertz CT molecular complexity index is 826. The molecule has 1 aliphatic heterocycles. The van der Waals surface area contributed by atoms with Crippen molar-refractivity contribution in [2.75, 3.05) is 26.5 Å². The molecule has 0 spiro atoms. The van der Waals surface area contributed by atoms with E-state index in [1.165, 1.54) is 12.7 Å². The third kappa shape index (κ3) is 6.09. The molecule has 168 valence electrons. The van der Waals surface area contributed by atoms with Gasteiger partial charge in [-0.15, -0.1) is 0 Å². The van der Waals surface area contributed by atoms with Crippen molar-refractivity contribution in [1.82, 2.24) is 9.62 Å². The predicted molar refractivity (Wildman–Crippen MR) is 116 cm³/mol. The molecule has 1 saturated carbocycles. The van der Waals surface area contributed by atoms with E-state index < -0.39 is 16.1 Å². The number of sulfonamides is 1. The number of nitrogens with zero attached hydrogens (tertiary/aromatic N) is 1. The molecule has 3 rings (SSSR count). The van der Waals surface area contributed by atoms with E-state index in [-0.39, 0.29) is 24.8 Å². The zero-order valence-electron chi connectivity index (χ0n) is 17.6. The molecule has 1 N–H and O–H groups in total. The van der Waals surface area contributed by atoms with E-state index in [0.717, 1.165) is 37.0 Å². The molecule has 0 unspecified atom stereocenters. The fourth-order valence-corrected chi connectivity index (χ4v) is 5.72. The second-order valence-electron chi connectivity index (χ2n) is 8.20. The van der Waals surface area contributed by atoms with Crippen LogP contribution in [0.1, 0.15) is 50.0 Å². The molecule has 1 aromatic carbocycles. The summed E-state index contributed by atoms with van der Waals surface area (Å²) in [4.78, 5) is 13.8. The van der Waals surface area contributed by atoms with Crippen molar-refractivity contribution in [1.29, 1.82) is 0 Å². The van der Waals surface area contributed by atoms with E-state index in [0.29, 0.717) is 25.3 Å². The molecule has 1 aliphatic carbocycles. The number of methoxy groups -OCH3 is 1. The molecule has 1 amide bonds. The molecule has 1 aromatic rings. The van der Waals surface area contributed by atoms with Gasteiger partial charge in [-0.25, -0.2) is 17.9 Å². The summed E-state index contributed by atoms with van der Waals surface area (Å²) in [6, 6.07) is 7.21. The fraction of sp³-hybridized carbons (Fsp3) is 0.667. The molecule has 0 radical (unpaired) electrons. The highest BCUT2D eigenvalue weighted by Gasteiger charge is 2.37. The molecule has 7 nitrogen and oxygen atoms in total. The molecule has 2 aliphatic rings. The third-order valence-corrected chi connectivity index (χ3v) is 7.15. The van der Waals surface area contributed by atoms with E-state index in [1.807, 2.05) is 18.2 Å². The number of carbonyl (C=O) groups is 1. The van der Waals surface area contributed by atoms with E-state index in [9.17, 15) is 13.2 Å². The van der Waals surface area contributed by atoms with Crippen LogP contribution < -0.4 is 4.72 Å². The van der Waals surface area contributed by atoms with Crippen molar-refractivity contribution >= 4 is 27.7 Å². The van der Waals surface area contributed by atoms with Crippen molar-refractivity contribution in [3.63, 3.8) is 0 Å². The Morgan fingerprint density at radius 3 is 2.53 bits per heavy atom. The highest BCUT2D eigenvalue weighted by atomic mass is 35.5. The average molecular weight is 459 g/mol. The minimum atomic E-state index is -3.39. The number of ether oxygens (including phenoxy) is 2. The Morgan fingerprint density at radius 2 is 1.90 bits per heavy atom. The standard InChI is InChI=1S/C21H31ClN2O5S/c1-28-21(25)24-13-5-8-19(23-30(2,26)27)20(24)14-29-16-11-9-15(10-12-16)17-6-3-4-7-18(17)22/h3-4,6-7,15-16,19-20,23H,5,8-14H2,1-2H3/t15?,16?,19-,20-/m0/s1. The van der Waals surface area contributed by atoms with Crippen LogP contribution in [-0.2, 0) is 19.5 Å². The summed E-state index contributed by atoms with van der Waals surface area (Å²) in [5.41, 5.74) is 1.19. The summed E-state index contributed by atoms with van der Waals surface area (Å²) in [5.74, 6) is 0.430. The number of hydrogen-bond donors (Lipinski definition) is 1. The van der Waals surface area contributed by atoms with Gasteiger partial charge in [-0.05, 0) is 56.1 Å². The first-order valence-corrected chi connectivity index (χ1v) is 12.7. The molecule has 0 aromatic heterocycles. The minimum Gasteiger partial charge on any atom is -0.453 e. The van der Waals surface area contributed by atoms with Crippen LogP contribution in [0.5, 0.6) is 0 Å². The van der Waals surface area contributed by atoms with Crippen LogP contribution >= 0.6 is 11.6 Å². The first kappa shape index (κ1) is 23.3. The number of piperidine rings is 1. The van der Waals surface area contributed by atoms with Crippen molar-refractivity contribution in [2.45, 2.75) is 62.6 Å². The number of carbonyl (C=O) groups excluding carboxylic acids is 1. The van der Waals surface area contributed by atoms with Crippen LogP contribution in [0, 0.1) is 0 Å². The zero-order chi connectivity index (χ0) is 21.7. The third-order valence-electron chi connectivity index (χ3n) is 6.08. The van der Waals surface area contributed by atoms with Gasteiger partial charge in [0.1, 0.15) is 0 Å². The Kier molecular flexibility index (Phi) is 8.01. The van der Waals surface area contributed by atoms with Gasteiger partial charge in [0.25, 0.3) is 0 Å². The molecule has 2 fully saturated rings. The molecule has 9 heteroatoms. The van der Waals surface area contributed by atoms with Gasteiger partial charge in [0.15, 0.2) is 0 Å². The first-order valence-electron chi connectivity index (χ1n) is 10.5. The van der Waals surface area contributed by atoms with Crippen LogP contribution in [-0.4, -0.2) is 64.1 Å². The number of amides is 1. The first-order chi connectivity index (χ1) is 14.3. The van der Waals surface area contributed by atoms with Crippen LogP contribution in [0.3, 0.4) is 0 Å². The molecule has 1 saturated heterocycles. The van der Waals surface area contributed by atoms with E-state index >= 15 is 0 Å².